The zero-order valence-electron chi connectivity index (χ0n) is 6.22. The molecule has 13 heavy (non-hydrogen) atoms. The Hall–Kier alpha value is 0.0900. The van der Waals surface area contributed by atoms with Crippen LogP contribution in [0.15, 0.2) is 25.6 Å². The van der Waals surface area contributed by atoms with Gasteiger partial charge in [0.05, 0.1) is 5.56 Å². The van der Waals surface area contributed by atoms with Crippen molar-refractivity contribution in [2.75, 3.05) is 0 Å². The molecule has 0 atom stereocenters. The Morgan fingerprint density at radius 3 is 2.08 bits per heavy atom. The van der Waals surface area contributed by atoms with E-state index in [0.29, 0.717) is 19.6 Å². The average molecular weight is 250 g/mol. The van der Waals surface area contributed by atoms with Gasteiger partial charge < -0.3 is 5.11 Å². The highest BCUT2D eigenvalue weighted by Crippen LogP contribution is 2.33. The van der Waals surface area contributed by atoms with Crippen molar-refractivity contribution in [3.8, 4) is 0 Å². The van der Waals surface area contributed by atoms with Gasteiger partial charge >= 0.3 is 5.97 Å². The lowest BCUT2D eigenvalue weighted by Gasteiger charge is -2.08. The van der Waals surface area contributed by atoms with Crippen LogP contribution in [0.4, 0.5) is 0 Å². The van der Waals surface area contributed by atoms with Crippen molar-refractivity contribution in [1.82, 2.24) is 0 Å². The number of carboxylic acid groups (broad SMARTS) is 1. The van der Waals surface area contributed by atoms with Crippen LogP contribution >= 0.6 is 50.5 Å². The second-order valence-corrected chi connectivity index (χ2v) is 4.12. The number of hydrogen-bond donors (Lipinski definition) is 5. The Kier molecular flexibility index (Phi) is 3.50. The number of carboxylic acids is 1. The summed E-state index contributed by atoms with van der Waals surface area (Å²) in [5.74, 6) is -1.05. The molecule has 1 aromatic carbocycles. The summed E-state index contributed by atoms with van der Waals surface area (Å²) in [6.45, 7) is 0. The summed E-state index contributed by atoms with van der Waals surface area (Å²) in [5, 5.41) is 8.76. The summed E-state index contributed by atoms with van der Waals surface area (Å²) in [5.41, 5.74) is 0.0798. The number of aromatic carboxylic acids is 1. The first kappa shape index (κ1) is 11.2. The van der Waals surface area contributed by atoms with Crippen molar-refractivity contribution in [3.63, 3.8) is 0 Å². The van der Waals surface area contributed by atoms with E-state index in [1.807, 2.05) is 0 Å². The zero-order chi connectivity index (χ0) is 10.2. The van der Waals surface area contributed by atoms with Crippen LogP contribution < -0.4 is 0 Å². The molecule has 0 bridgehead atoms. The maximum Gasteiger partial charge on any atom is 0.336 e. The quantitative estimate of drug-likeness (QED) is 0.497. The van der Waals surface area contributed by atoms with Crippen molar-refractivity contribution < 1.29 is 9.90 Å². The van der Waals surface area contributed by atoms with Gasteiger partial charge in [0, 0.05) is 19.6 Å². The molecule has 0 heterocycles. The monoisotopic (exact) mass is 250 g/mol. The third-order valence-electron chi connectivity index (χ3n) is 1.46. The fourth-order valence-corrected chi connectivity index (χ4v) is 1.90. The number of rotatable bonds is 1. The van der Waals surface area contributed by atoms with E-state index in [4.69, 9.17) is 5.11 Å². The van der Waals surface area contributed by atoms with E-state index in [-0.39, 0.29) is 5.56 Å². The van der Waals surface area contributed by atoms with Crippen LogP contribution in [0.25, 0.3) is 0 Å². The predicted molar refractivity (Wildman–Crippen MR) is 62.4 cm³/mol. The summed E-state index contributed by atoms with van der Waals surface area (Å²) < 4.78 is 0. The third-order valence-corrected chi connectivity index (χ3v) is 3.72. The third kappa shape index (κ3) is 2.12. The summed E-state index contributed by atoms with van der Waals surface area (Å²) >= 11 is 16.3. The second kappa shape index (κ2) is 4.08. The van der Waals surface area contributed by atoms with E-state index in [1.165, 1.54) is 6.07 Å². The van der Waals surface area contributed by atoms with Crippen molar-refractivity contribution >= 4 is 56.5 Å². The van der Waals surface area contributed by atoms with Crippen LogP contribution in [-0.2, 0) is 0 Å². The second-order valence-electron chi connectivity index (χ2n) is 2.29. The number of carbonyl (C=O) groups is 1. The summed E-state index contributed by atoms with van der Waals surface area (Å²) in [6, 6.07) is 1.40. The number of thiol groups is 4. The molecule has 0 radical (unpaired) electrons. The topological polar surface area (TPSA) is 37.3 Å². The van der Waals surface area contributed by atoms with Crippen molar-refractivity contribution in [2.45, 2.75) is 19.6 Å². The predicted octanol–water partition coefficient (Wildman–Crippen LogP) is 2.54. The molecule has 1 rings (SSSR count). The smallest absolute Gasteiger partial charge is 0.336 e. The van der Waals surface area contributed by atoms with Crippen molar-refractivity contribution in [2.24, 2.45) is 0 Å². The van der Waals surface area contributed by atoms with Gasteiger partial charge in [-0.3, -0.25) is 0 Å². The van der Waals surface area contributed by atoms with Gasteiger partial charge in [-0.05, 0) is 6.07 Å². The first-order valence-electron chi connectivity index (χ1n) is 3.15. The molecule has 1 aromatic rings. The van der Waals surface area contributed by atoms with Gasteiger partial charge in [-0.2, -0.15) is 0 Å². The van der Waals surface area contributed by atoms with E-state index in [9.17, 15) is 4.79 Å². The highest BCUT2D eigenvalue weighted by molar-refractivity contribution is 7.86. The molecular formula is C7H6O2S4. The molecule has 0 aliphatic heterocycles. The Morgan fingerprint density at radius 2 is 1.62 bits per heavy atom. The minimum atomic E-state index is -1.05. The minimum absolute atomic E-state index is 0.0798. The number of benzene rings is 1. The fraction of sp³-hybridized carbons (Fsp3) is 0. The van der Waals surface area contributed by atoms with Crippen LogP contribution in [0, 0.1) is 0 Å². The van der Waals surface area contributed by atoms with E-state index in [0.717, 1.165) is 0 Å². The molecular weight excluding hydrogens is 244 g/mol. The molecule has 0 aliphatic carbocycles. The lowest BCUT2D eigenvalue weighted by molar-refractivity contribution is 0.0692. The molecule has 0 aromatic heterocycles. The molecule has 0 amide bonds. The summed E-state index contributed by atoms with van der Waals surface area (Å²) in [6.07, 6.45) is 0. The molecule has 2 nitrogen and oxygen atoms in total. The first-order chi connectivity index (χ1) is 5.95. The summed E-state index contributed by atoms with van der Waals surface area (Å²) in [7, 11) is 0. The molecule has 0 aliphatic rings. The zero-order valence-corrected chi connectivity index (χ0v) is 9.80. The highest BCUT2D eigenvalue weighted by atomic mass is 32.1. The Labute approximate surface area is 97.4 Å². The molecule has 6 heteroatoms. The van der Waals surface area contributed by atoms with E-state index in [2.05, 4.69) is 50.5 Å². The lowest BCUT2D eigenvalue weighted by atomic mass is 10.2. The van der Waals surface area contributed by atoms with Gasteiger partial charge in [0.15, 0.2) is 0 Å². The maximum absolute atomic E-state index is 10.7. The van der Waals surface area contributed by atoms with Crippen LogP contribution in [0.5, 0.6) is 0 Å². The Morgan fingerprint density at radius 1 is 1.08 bits per heavy atom. The van der Waals surface area contributed by atoms with Crippen LogP contribution in [0.2, 0.25) is 0 Å². The number of hydrogen-bond acceptors (Lipinski definition) is 5. The van der Waals surface area contributed by atoms with Crippen LogP contribution in [0.3, 0.4) is 0 Å². The summed E-state index contributed by atoms with van der Waals surface area (Å²) in [4.78, 5) is 12.4. The van der Waals surface area contributed by atoms with Gasteiger partial charge in [0.1, 0.15) is 0 Å². The minimum Gasteiger partial charge on any atom is -0.478 e. The Balaban J connectivity index is 3.50. The van der Waals surface area contributed by atoms with Crippen LogP contribution in [0.1, 0.15) is 10.4 Å². The van der Waals surface area contributed by atoms with Gasteiger partial charge in [-0.1, -0.05) is 0 Å². The fourth-order valence-electron chi connectivity index (χ4n) is 0.797. The van der Waals surface area contributed by atoms with E-state index >= 15 is 0 Å². The maximum atomic E-state index is 10.7. The molecule has 0 unspecified atom stereocenters. The molecule has 1 N–H and O–H groups in total. The lowest BCUT2D eigenvalue weighted by Crippen LogP contribution is -1.99. The van der Waals surface area contributed by atoms with E-state index < -0.39 is 5.97 Å². The van der Waals surface area contributed by atoms with Gasteiger partial charge in [-0.15, -0.1) is 50.5 Å². The highest BCUT2D eigenvalue weighted by Gasteiger charge is 2.14. The molecule has 0 spiro atoms. The average Bonchev–Trinajstić information content (AvgIpc) is 2.07. The molecule has 70 valence electrons. The van der Waals surface area contributed by atoms with E-state index in [1.54, 1.807) is 0 Å². The Bertz CT molecular complexity index is 375. The normalized spacial score (nSPS) is 10.2. The molecule has 0 saturated carbocycles. The van der Waals surface area contributed by atoms with Gasteiger partial charge in [-0.25, -0.2) is 4.79 Å². The SMILES string of the molecule is O=C(O)c1cc(S)c(S)c(S)c1S. The van der Waals surface area contributed by atoms with Gasteiger partial charge in [0.25, 0.3) is 0 Å². The first-order valence-corrected chi connectivity index (χ1v) is 4.94. The molecule has 0 saturated heterocycles. The standard InChI is InChI=1S/C7H6O2S4/c8-7(9)2-1-3(10)5(12)6(13)4(2)11/h1,10-13H,(H,8,9). The largest absolute Gasteiger partial charge is 0.478 e. The van der Waals surface area contributed by atoms with Crippen molar-refractivity contribution in [3.05, 3.63) is 11.6 Å². The van der Waals surface area contributed by atoms with Crippen molar-refractivity contribution in [1.29, 1.82) is 0 Å². The van der Waals surface area contributed by atoms with Crippen LogP contribution in [-0.4, -0.2) is 11.1 Å². The molecule has 0 fully saturated rings. The van der Waals surface area contributed by atoms with Gasteiger partial charge in [0.2, 0.25) is 0 Å².